The minimum atomic E-state index is -0.710. The zero-order chi connectivity index (χ0) is 37.6. The second-order valence-corrected chi connectivity index (χ2v) is 12.8. The molecule has 7 rings (SSSR count). The highest BCUT2D eigenvalue weighted by Gasteiger charge is 2.21. The van der Waals surface area contributed by atoms with Crippen LogP contribution in [0, 0.1) is 0 Å². The quantitative estimate of drug-likeness (QED) is 0.131. The van der Waals surface area contributed by atoms with Crippen molar-refractivity contribution in [3.63, 3.8) is 0 Å². The number of hydrogen-bond acceptors (Lipinski definition) is 9. The van der Waals surface area contributed by atoms with Gasteiger partial charge in [-0.2, -0.15) is 5.10 Å². The van der Waals surface area contributed by atoms with E-state index in [2.05, 4.69) is 49.9 Å². The van der Waals surface area contributed by atoms with Crippen molar-refractivity contribution in [1.29, 1.82) is 0 Å². The van der Waals surface area contributed by atoms with Crippen molar-refractivity contribution < 1.29 is 23.5 Å². The molecular formula is C42H38N6O6. The number of pyridine rings is 1. The normalized spacial score (nSPS) is 11.2. The number of nitrogens with zero attached hydrogens (tertiary/aromatic N) is 4. The van der Waals surface area contributed by atoms with Gasteiger partial charge in [0.2, 0.25) is 0 Å². The average molecular weight is 723 g/mol. The van der Waals surface area contributed by atoms with Crippen LogP contribution >= 0.6 is 0 Å². The van der Waals surface area contributed by atoms with Crippen molar-refractivity contribution in [3.8, 4) is 11.5 Å². The molecule has 0 aliphatic rings. The lowest BCUT2D eigenvalue weighted by molar-refractivity contribution is 0.0997. The van der Waals surface area contributed by atoms with Crippen molar-refractivity contribution in [3.05, 3.63) is 154 Å². The van der Waals surface area contributed by atoms with E-state index >= 15 is 0 Å². The van der Waals surface area contributed by atoms with Gasteiger partial charge in [0.15, 0.2) is 22.7 Å². The van der Waals surface area contributed by atoms with E-state index in [1.165, 1.54) is 31.9 Å². The standard InChI is InChI=1S/C42H38N6O6/c1-47-40-29(24-44-47)9-6-10-30(40)26-48(25-28-8-7-18-43-23-28)19-17-27-13-15-31(16-14-27)45-41(50)33-20-37(52-2)38(53-3)21-34(33)46-42(51)39-22-35(49)32-11-4-5-12-36(32)54-39/h4-16,18,20-24H,17,19,25-26H2,1-3H3,(H,45,50)(H,46,51). The number of carbonyl (C=O) groups excluding carboxylic acids is 2. The molecule has 3 aromatic heterocycles. The van der Waals surface area contributed by atoms with Crippen LogP contribution in [-0.4, -0.2) is 52.2 Å². The van der Waals surface area contributed by atoms with Crippen LogP contribution in [0.4, 0.5) is 11.4 Å². The largest absolute Gasteiger partial charge is 0.493 e. The first-order valence-corrected chi connectivity index (χ1v) is 17.3. The predicted octanol–water partition coefficient (Wildman–Crippen LogP) is 6.84. The van der Waals surface area contributed by atoms with Gasteiger partial charge in [-0.3, -0.25) is 28.9 Å². The molecule has 0 atom stereocenters. The molecule has 0 fully saturated rings. The third-order valence-corrected chi connectivity index (χ3v) is 9.17. The van der Waals surface area contributed by atoms with Crippen molar-refractivity contribution in [2.45, 2.75) is 19.5 Å². The molecule has 12 nitrogen and oxygen atoms in total. The van der Waals surface area contributed by atoms with E-state index in [0.29, 0.717) is 22.6 Å². The number of amides is 2. The SMILES string of the molecule is COc1cc(NC(=O)c2cc(=O)c3ccccc3o2)c(C(=O)Nc2ccc(CCN(Cc3cccnc3)Cc3cccc4cnn(C)c34)cc2)cc1OC. The Bertz CT molecular complexity index is 2510. The highest BCUT2D eigenvalue weighted by atomic mass is 16.5. The Morgan fingerprint density at radius 2 is 1.61 bits per heavy atom. The molecule has 3 heterocycles. The number of rotatable bonds is 13. The van der Waals surface area contributed by atoms with Crippen LogP contribution in [-0.2, 0) is 26.6 Å². The maximum atomic E-state index is 13.7. The molecule has 7 aromatic rings. The van der Waals surface area contributed by atoms with Crippen LogP contribution in [0.2, 0.25) is 0 Å². The molecule has 0 saturated carbocycles. The van der Waals surface area contributed by atoms with Gasteiger partial charge in [0.1, 0.15) is 5.58 Å². The van der Waals surface area contributed by atoms with Crippen LogP contribution in [0.5, 0.6) is 11.5 Å². The zero-order valence-corrected chi connectivity index (χ0v) is 30.0. The van der Waals surface area contributed by atoms with E-state index in [1.54, 1.807) is 30.5 Å². The van der Waals surface area contributed by atoms with Crippen molar-refractivity contribution in [2.24, 2.45) is 7.05 Å². The number of aryl methyl sites for hydroxylation is 1. The number of para-hydroxylation sites is 2. The summed E-state index contributed by atoms with van der Waals surface area (Å²) in [5.41, 5.74) is 5.26. The fourth-order valence-corrected chi connectivity index (χ4v) is 6.46. The summed E-state index contributed by atoms with van der Waals surface area (Å²) in [5.74, 6) is -0.820. The minimum Gasteiger partial charge on any atom is -0.493 e. The van der Waals surface area contributed by atoms with E-state index in [9.17, 15) is 14.4 Å². The molecule has 2 amide bonds. The van der Waals surface area contributed by atoms with Gasteiger partial charge in [-0.1, -0.05) is 48.5 Å². The second-order valence-electron chi connectivity index (χ2n) is 12.8. The number of benzene rings is 4. The predicted molar refractivity (Wildman–Crippen MR) is 207 cm³/mol. The van der Waals surface area contributed by atoms with E-state index in [1.807, 2.05) is 54.5 Å². The number of aromatic nitrogens is 3. The average Bonchev–Trinajstić information content (AvgIpc) is 3.58. The summed E-state index contributed by atoms with van der Waals surface area (Å²) in [6.07, 6.45) is 6.33. The third kappa shape index (κ3) is 7.83. The number of hydrogen-bond donors (Lipinski definition) is 2. The zero-order valence-electron chi connectivity index (χ0n) is 30.0. The number of nitrogens with one attached hydrogen (secondary N) is 2. The molecule has 0 aliphatic heterocycles. The molecular weight excluding hydrogens is 684 g/mol. The second kappa shape index (κ2) is 15.8. The van der Waals surface area contributed by atoms with E-state index in [-0.39, 0.29) is 28.0 Å². The lowest BCUT2D eigenvalue weighted by Gasteiger charge is -2.23. The smallest absolute Gasteiger partial charge is 0.291 e. The molecule has 2 N–H and O–H groups in total. The molecule has 0 saturated heterocycles. The Morgan fingerprint density at radius 3 is 2.39 bits per heavy atom. The van der Waals surface area contributed by atoms with Gasteiger partial charge in [0.25, 0.3) is 11.8 Å². The first kappa shape index (κ1) is 35.6. The first-order chi connectivity index (χ1) is 26.3. The van der Waals surface area contributed by atoms with E-state index < -0.39 is 11.8 Å². The first-order valence-electron chi connectivity index (χ1n) is 17.3. The molecule has 4 aromatic carbocycles. The molecule has 272 valence electrons. The lowest BCUT2D eigenvalue weighted by Crippen LogP contribution is -2.25. The summed E-state index contributed by atoms with van der Waals surface area (Å²) in [4.78, 5) is 46.5. The molecule has 0 radical (unpaired) electrons. The van der Waals surface area contributed by atoms with Gasteiger partial charge in [-0.05, 0) is 59.5 Å². The van der Waals surface area contributed by atoms with Crippen LogP contribution in [0.1, 0.15) is 37.6 Å². The number of anilines is 2. The fourth-order valence-electron chi connectivity index (χ4n) is 6.46. The maximum absolute atomic E-state index is 13.7. The van der Waals surface area contributed by atoms with Crippen LogP contribution in [0.15, 0.2) is 125 Å². The summed E-state index contributed by atoms with van der Waals surface area (Å²) in [6.45, 7) is 2.24. The van der Waals surface area contributed by atoms with Crippen molar-refractivity contribution >= 4 is 45.1 Å². The highest BCUT2D eigenvalue weighted by molar-refractivity contribution is 6.12. The van der Waals surface area contributed by atoms with E-state index in [4.69, 9.17) is 13.9 Å². The van der Waals surface area contributed by atoms with Gasteiger partial charge < -0.3 is 24.5 Å². The Labute approximate surface area is 311 Å². The molecule has 0 bridgehead atoms. The number of fused-ring (bicyclic) bond motifs is 2. The summed E-state index contributed by atoms with van der Waals surface area (Å²) >= 11 is 0. The Balaban J connectivity index is 1.07. The minimum absolute atomic E-state index is 0.114. The molecule has 0 spiro atoms. The Kier molecular flexibility index (Phi) is 10.4. The Hall–Kier alpha value is -6.79. The number of carbonyl (C=O) groups is 2. The fraction of sp³-hybridized carbons (Fsp3) is 0.167. The highest BCUT2D eigenvalue weighted by Crippen LogP contribution is 2.34. The maximum Gasteiger partial charge on any atom is 0.291 e. The van der Waals surface area contributed by atoms with Crippen LogP contribution in [0.25, 0.3) is 21.9 Å². The van der Waals surface area contributed by atoms with Crippen LogP contribution < -0.4 is 25.5 Å². The number of ether oxygens (including phenoxy) is 2. The van der Waals surface area contributed by atoms with Gasteiger partial charge in [-0.15, -0.1) is 0 Å². The topological polar surface area (TPSA) is 141 Å². The summed E-state index contributed by atoms with van der Waals surface area (Å²) < 4.78 is 18.5. The van der Waals surface area contributed by atoms with Crippen molar-refractivity contribution in [1.82, 2.24) is 19.7 Å². The summed E-state index contributed by atoms with van der Waals surface area (Å²) in [6, 6.07) is 28.7. The molecule has 12 heteroatoms. The summed E-state index contributed by atoms with van der Waals surface area (Å²) in [7, 11) is 4.87. The van der Waals surface area contributed by atoms with Gasteiger partial charge in [0.05, 0.1) is 42.6 Å². The lowest BCUT2D eigenvalue weighted by atomic mass is 10.1. The number of methoxy groups -OCH3 is 2. The molecule has 0 unspecified atom stereocenters. The molecule has 0 aliphatic carbocycles. The molecule has 54 heavy (non-hydrogen) atoms. The summed E-state index contributed by atoms with van der Waals surface area (Å²) in [5, 5.41) is 11.6. The third-order valence-electron chi connectivity index (χ3n) is 9.17. The van der Waals surface area contributed by atoms with Gasteiger partial charge in [-0.25, -0.2) is 0 Å². The van der Waals surface area contributed by atoms with Crippen molar-refractivity contribution in [2.75, 3.05) is 31.4 Å². The van der Waals surface area contributed by atoms with Gasteiger partial charge >= 0.3 is 0 Å². The van der Waals surface area contributed by atoms with Gasteiger partial charge in [0, 0.05) is 62.3 Å². The van der Waals surface area contributed by atoms with E-state index in [0.717, 1.165) is 54.2 Å². The monoisotopic (exact) mass is 722 g/mol. The Morgan fingerprint density at radius 1 is 0.815 bits per heavy atom. The van der Waals surface area contributed by atoms with Crippen LogP contribution in [0.3, 0.4) is 0 Å².